The molecule has 1 fully saturated rings. The summed E-state index contributed by atoms with van der Waals surface area (Å²) in [5.74, 6) is 1.43. The summed E-state index contributed by atoms with van der Waals surface area (Å²) in [6.07, 6.45) is 0.940. The highest BCUT2D eigenvalue weighted by Gasteiger charge is 2.28. The van der Waals surface area contributed by atoms with Gasteiger partial charge in [0, 0.05) is 13.1 Å². The molecule has 2 rings (SSSR count). The van der Waals surface area contributed by atoms with E-state index in [0.29, 0.717) is 24.8 Å². The van der Waals surface area contributed by atoms with Crippen LogP contribution in [-0.2, 0) is 4.74 Å². The maximum absolute atomic E-state index is 5.88. The van der Waals surface area contributed by atoms with E-state index in [2.05, 4.69) is 30.7 Å². The van der Waals surface area contributed by atoms with Gasteiger partial charge in [-0.05, 0) is 32.4 Å². The maximum Gasteiger partial charge on any atom is 0.239 e. The van der Waals surface area contributed by atoms with Gasteiger partial charge in [0.1, 0.15) is 5.82 Å². The summed E-state index contributed by atoms with van der Waals surface area (Å²) in [4.78, 5) is 6.73. The Balaban J connectivity index is 2.15. The van der Waals surface area contributed by atoms with Gasteiger partial charge >= 0.3 is 0 Å². The number of nitrogens with two attached hydrogens (primary N) is 1. The summed E-state index contributed by atoms with van der Waals surface area (Å²) in [6.45, 7) is 9.24. The fourth-order valence-corrected chi connectivity index (χ4v) is 2.14. The molecule has 0 spiro atoms. The van der Waals surface area contributed by atoms with Crippen LogP contribution in [0.3, 0.4) is 0 Å². The van der Waals surface area contributed by atoms with Gasteiger partial charge < -0.3 is 20.1 Å². The lowest BCUT2D eigenvalue weighted by atomic mass is 10.1. The summed E-state index contributed by atoms with van der Waals surface area (Å²) >= 11 is 0. The number of ether oxygens (including phenoxy) is 2. The van der Waals surface area contributed by atoms with Gasteiger partial charge in [-0.15, -0.1) is 0 Å². The van der Waals surface area contributed by atoms with Crippen LogP contribution in [0.15, 0.2) is 12.1 Å². The van der Waals surface area contributed by atoms with Crippen molar-refractivity contribution in [2.75, 3.05) is 36.9 Å². The van der Waals surface area contributed by atoms with Crippen LogP contribution in [0, 0.1) is 0 Å². The summed E-state index contributed by atoms with van der Waals surface area (Å²) in [7, 11) is 0. The minimum Gasteiger partial charge on any atom is -0.476 e. The highest BCUT2D eigenvalue weighted by atomic mass is 16.5. The number of rotatable bonds is 4. The first-order chi connectivity index (χ1) is 9.02. The van der Waals surface area contributed by atoms with Crippen LogP contribution < -0.4 is 15.4 Å². The molecule has 1 saturated heterocycles. The normalized spacial score (nSPS) is 18.4. The third-order valence-corrected chi connectivity index (χ3v) is 3.07. The SMILES string of the molecule is CCCOc1nc(N2CCOC(C)(C)C2)ccc1N. The van der Waals surface area contributed by atoms with Crippen molar-refractivity contribution in [1.29, 1.82) is 0 Å². The van der Waals surface area contributed by atoms with Gasteiger partial charge in [0.25, 0.3) is 0 Å². The number of pyridine rings is 1. The quantitative estimate of drug-likeness (QED) is 0.903. The number of hydrogen-bond acceptors (Lipinski definition) is 5. The fourth-order valence-electron chi connectivity index (χ4n) is 2.14. The molecular formula is C14H23N3O2. The first-order valence-electron chi connectivity index (χ1n) is 6.80. The lowest BCUT2D eigenvalue weighted by molar-refractivity contribution is -0.0279. The maximum atomic E-state index is 5.88. The summed E-state index contributed by atoms with van der Waals surface area (Å²) in [5.41, 5.74) is 6.32. The molecule has 0 unspecified atom stereocenters. The van der Waals surface area contributed by atoms with Crippen LogP contribution in [0.4, 0.5) is 11.5 Å². The second kappa shape index (κ2) is 5.65. The Morgan fingerprint density at radius 1 is 1.47 bits per heavy atom. The van der Waals surface area contributed by atoms with E-state index in [1.807, 2.05) is 12.1 Å². The van der Waals surface area contributed by atoms with Crippen LogP contribution in [0.2, 0.25) is 0 Å². The first kappa shape index (κ1) is 13.9. The van der Waals surface area contributed by atoms with Crippen LogP contribution in [0.5, 0.6) is 5.88 Å². The first-order valence-corrected chi connectivity index (χ1v) is 6.80. The van der Waals surface area contributed by atoms with E-state index < -0.39 is 0 Å². The van der Waals surface area contributed by atoms with E-state index in [-0.39, 0.29) is 5.60 Å². The zero-order chi connectivity index (χ0) is 13.9. The van der Waals surface area contributed by atoms with Gasteiger partial charge in [-0.3, -0.25) is 0 Å². The third kappa shape index (κ3) is 3.50. The number of anilines is 2. The minimum atomic E-state index is -0.147. The number of nitrogens with zero attached hydrogens (tertiary/aromatic N) is 2. The number of aromatic nitrogens is 1. The van der Waals surface area contributed by atoms with Gasteiger partial charge in [-0.2, -0.15) is 4.98 Å². The largest absolute Gasteiger partial charge is 0.476 e. The fraction of sp³-hybridized carbons (Fsp3) is 0.643. The molecule has 5 nitrogen and oxygen atoms in total. The van der Waals surface area contributed by atoms with Crippen molar-refractivity contribution in [3.8, 4) is 5.88 Å². The van der Waals surface area contributed by atoms with Gasteiger partial charge in [0.15, 0.2) is 0 Å². The molecule has 1 aromatic heterocycles. The zero-order valence-corrected chi connectivity index (χ0v) is 12.0. The van der Waals surface area contributed by atoms with E-state index in [9.17, 15) is 0 Å². The van der Waals surface area contributed by atoms with Crippen molar-refractivity contribution in [2.45, 2.75) is 32.8 Å². The summed E-state index contributed by atoms with van der Waals surface area (Å²) in [5, 5.41) is 0. The van der Waals surface area contributed by atoms with Crippen molar-refractivity contribution in [3.05, 3.63) is 12.1 Å². The van der Waals surface area contributed by atoms with Gasteiger partial charge in [0.05, 0.1) is 24.5 Å². The van der Waals surface area contributed by atoms with E-state index in [1.165, 1.54) is 0 Å². The highest BCUT2D eigenvalue weighted by Crippen LogP contribution is 2.26. The standard InChI is InChI=1S/C14H23N3O2/c1-4-8-18-13-11(15)5-6-12(16-13)17-7-9-19-14(2,3)10-17/h5-6H,4,7-10,15H2,1-3H3. The Morgan fingerprint density at radius 3 is 2.95 bits per heavy atom. The Hall–Kier alpha value is -1.49. The smallest absolute Gasteiger partial charge is 0.239 e. The molecule has 5 heteroatoms. The monoisotopic (exact) mass is 265 g/mol. The minimum absolute atomic E-state index is 0.147. The summed E-state index contributed by atoms with van der Waals surface area (Å²) < 4.78 is 11.3. The van der Waals surface area contributed by atoms with Crippen LogP contribution >= 0.6 is 0 Å². The van der Waals surface area contributed by atoms with Crippen LogP contribution in [-0.4, -0.2) is 36.9 Å². The molecule has 0 atom stereocenters. The van der Waals surface area contributed by atoms with E-state index >= 15 is 0 Å². The van der Waals surface area contributed by atoms with E-state index in [0.717, 1.165) is 25.3 Å². The average Bonchev–Trinajstić information content (AvgIpc) is 2.36. The Morgan fingerprint density at radius 2 is 2.26 bits per heavy atom. The molecule has 0 amide bonds. The van der Waals surface area contributed by atoms with Gasteiger partial charge in [-0.25, -0.2) is 0 Å². The number of nitrogen functional groups attached to an aromatic ring is 1. The molecule has 106 valence electrons. The topological polar surface area (TPSA) is 60.6 Å². The second-order valence-corrected chi connectivity index (χ2v) is 5.44. The Kier molecular flexibility index (Phi) is 4.14. The molecular weight excluding hydrogens is 242 g/mol. The van der Waals surface area contributed by atoms with Crippen molar-refractivity contribution in [2.24, 2.45) is 0 Å². The second-order valence-electron chi connectivity index (χ2n) is 5.44. The molecule has 0 saturated carbocycles. The predicted molar refractivity (Wildman–Crippen MR) is 76.7 cm³/mol. The number of morpholine rings is 1. The van der Waals surface area contributed by atoms with Crippen LogP contribution in [0.1, 0.15) is 27.2 Å². The predicted octanol–water partition coefficient (Wildman–Crippen LogP) is 2.07. The van der Waals surface area contributed by atoms with Crippen molar-refractivity contribution < 1.29 is 9.47 Å². The number of hydrogen-bond donors (Lipinski definition) is 1. The highest BCUT2D eigenvalue weighted by molar-refractivity contribution is 5.54. The van der Waals surface area contributed by atoms with Gasteiger partial charge in [-0.1, -0.05) is 6.92 Å². The Bertz CT molecular complexity index is 435. The lowest BCUT2D eigenvalue weighted by Crippen LogP contribution is -2.48. The van der Waals surface area contributed by atoms with Gasteiger partial charge in [0.2, 0.25) is 5.88 Å². The molecule has 2 heterocycles. The molecule has 1 aliphatic heterocycles. The van der Waals surface area contributed by atoms with Crippen LogP contribution in [0.25, 0.3) is 0 Å². The van der Waals surface area contributed by atoms with Crippen molar-refractivity contribution >= 4 is 11.5 Å². The van der Waals surface area contributed by atoms with Crippen molar-refractivity contribution in [1.82, 2.24) is 4.98 Å². The molecule has 1 aliphatic rings. The molecule has 0 radical (unpaired) electrons. The zero-order valence-electron chi connectivity index (χ0n) is 12.0. The molecule has 1 aromatic rings. The summed E-state index contributed by atoms with van der Waals surface area (Å²) in [6, 6.07) is 3.80. The van der Waals surface area contributed by atoms with E-state index in [1.54, 1.807) is 0 Å². The van der Waals surface area contributed by atoms with Crippen molar-refractivity contribution in [3.63, 3.8) is 0 Å². The molecule has 2 N–H and O–H groups in total. The molecule has 19 heavy (non-hydrogen) atoms. The molecule has 0 aromatic carbocycles. The average molecular weight is 265 g/mol. The Labute approximate surface area is 114 Å². The lowest BCUT2D eigenvalue weighted by Gasteiger charge is -2.38. The van der Waals surface area contributed by atoms with E-state index in [4.69, 9.17) is 15.2 Å². The third-order valence-electron chi connectivity index (χ3n) is 3.07. The molecule has 0 bridgehead atoms. The molecule has 0 aliphatic carbocycles.